The Morgan fingerprint density at radius 2 is 1.64 bits per heavy atom. The van der Waals surface area contributed by atoms with E-state index in [1.54, 1.807) is 26.0 Å². The average molecular weight is 340 g/mol. The van der Waals surface area contributed by atoms with Crippen molar-refractivity contribution in [3.05, 3.63) is 71.4 Å². The zero-order valence-corrected chi connectivity index (χ0v) is 13.5. The molecular formula is C18H14F2N4O. The second-order valence-corrected chi connectivity index (χ2v) is 5.48. The lowest BCUT2D eigenvalue weighted by atomic mass is 10.0. The number of nitrogens with one attached hydrogen (secondary N) is 1. The fraction of sp³-hybridized carbons (Fsp3) is 0.111. The predicted molar refractivity (Wildman–Crippen MR) is 89.0 cm³/mol. The van der Waals surface area contributed by atoms with Gasteiger partial charge in [-0.25, -0.2) is 23.7 Å². The number of aromatic nitrogens is 3. The molecule has 0 aliphatic carbocycles. The van der Waals surface area contributed by atoms with Crippen LogP contribution >= 0.6 is 0 Å². The zero-order valence-electron chi connectivity index (χ0n) is 13.5. The van der Waals surface area contributed by atoms with Crippen LogP contribution in [-0.2, 0) is 0 Å². The fourth-order valence-corrected chi connectivity index (χ4v) is 2.38. The number of halogens is 2. The first-order valence-electron chi connectivity index (χ1n) is 7.47. The zero-order chi connectivity index (χ0) is 18.0. The van der Waals surface area contributed by atoms with E-state index < -0.39 is 17.5 Å². The standard InChI is InChI=1S/C18H14F2N4O/c1-10-5-12(13-6-14(19)9-15(20)7-13)8-16(22-10)18(25)24-17-3-4-21-11(2)23-17/h3-9H,1-2H3,(H,21,23,24,25). The Morgan fingerprint density at radius 3 is 2.32 bits per heavy atom. The Morgan fingerprint density at radius 1 is 0.960 bits per heavy atom. The molecule has 0 saturated heterocycles. The predicted octanol–water partition coefficient (Wildman–Crippen LogP) is 3.69. The van der Waals surface area contributed by atoms with Crippen LogP contribution in [0, 0.1) is 25.5 Å². The number of carbonyl (C=O) groups excluding carboxylic acids is 1. The minimum Gasteiger partial charge on any atom is -0.305 e. The summed E-state index contributed by atoms with van der Waals surface area (Å²) in [6.45, 7) is 3.40. The van der Waals surface area contributed by atoms with Gasteiger partial charge in [-0.3, -0.25) is 4.79 Å². The number of amides is 1. The molecular weight excluding hydrogens is 326 g/mol. The van der Waals surface area contributed by atoms with Crippen LogP contribution < -0.4 is 5.32 Å². The summed E-state index contributed by atoms with van der Waals surface area (Å²) in [7, 11) is 0. The number of pyridine rings is 1. The Balaban J connectivity index is 1.94. The SMILES string of the molecule is Cc1cc(-c2cc(F)cc(F)c2)cc(C(=O)Nc2ccnc(C)n2)n1. The van der Waals surface area contributed by atoms with Crippen molar-refractivity contribution in [1.29, 1.82) is 0 Å². The van der Waals surface area contributed by atoms with Crippen molar-refractivity contribution in [1.82, 2.24) is 15.0 Å². The summed E-state index contributed by atoms with van der Waals surface area (Å²) in [6.07, 6.45) is 1.53. The molecule has 0 saturated carbocycles. The van der Waals surface area contributed by atoms with Crippen LogP contribution in [0.1, 0.15) is 22.0 Å². The Bertz CT molecular complexity index is 939. The number of benzene rings is 1. The monoisotopic (exact) mass is 340 g/mol. The second kappa shape index (κ2) is 6.72. The van der Waals surface area contributed by atoms with Crippen LogP contribution in [0.5, 0.6) is 0 Å². The molecule has 0 spiro atoms. The van der Waals surface area contributed by atoms with E-state index in [4.69, 9.17) is 0 Å². The van der Waals surface area contributed by atoms with Crippen molar-refractivity contribution in [3.63, 3.8) is 0 Å². The van der Waals surface area contributed by atoms with Crippen molar-refractivity contribution >= 4 is 11.7 Å². The lowest BCUT2D eigenvalue weighted by molar-refractivity contribution is 0.102. The Kier molecular flexibility index (Phi) is 4.47. The molecule has 1 amide bonds. The van der Waals surface area contributed by atoms with Gasteiger partial charge in [0, 0.05) is 18.0 Å². The van der Waals surface area contributed by atoms with Crippen molar-refractivity contribution in [2.75, 3.05) is 5.32 Å². The summed E-state index contributed by atoms with van der Waals surface area (Å²) >= 11 is 0. The number of aryl methyl sites for hydroxylation is 2. The van der Waals surface area contributed by atoms with Gasteiger partial charge >= 0.3 is 0 Å². The summed E-state index contributed by atoms with van der Waals surface area (Å²) in [6, 6.07) is 7.89. The van der Waals surface area contributed by atoms with Crippen LogP contribution in [-0.4, -0.2) is 20.9 Å². The van der Waals surface area contributed by atoms with Crippen molar-refractivity contribution in [3.8, 4) is 11.1 Å². The van der Waals surface area contributed by atoms with Crippen LogP contribution in [0.15, 0.2) is 42.6 Å². The van der Waals surface area contributed by atoms with E-state index >= 15 is 0 Å². The molecule has 0 bridgehead atoms. The highest BCUT2D eigenvalue weighted by Gasteiger charge is 2.13. The molecule has 2 heterocycles. The Labute approximate surface area is 142 Å². The van der Waals surface area contributed by atoms with E-state index in [1.807, 2.05) is 0 Å². The summed E-state index contributed by atoms with van der Waals surface area (Å²) in [5.74, 6) is -0.983. The molecule has 0 atom stereocenters. The molecule has 0 aliphatic heterocycles. The number of anilines is 1. The highest BCUT2D eigenvalue weighted by atomic mass is 19.1. The molecule has 0 radical (unpaired) electrons. The number of carbonyl (C=O) groups is 1. The maximum Gasteiger partial charge on any atom is 0.275 e. The molecule has 1 N–H and O–H groups in total. The van der Waals surface area contributed by atoms with Gasteiger partial charge in [0.05, 0.1) is 0 Å². The van der Waals surface area contributed by atoms with Crippen LogP contribution in [0.3, 0.4) is 0 Å². The minimum absolute atomic E-state index is 0.121. The van der Waals surface area contributed by atoms with Gasteiger partial charge in [0.15, 0.2) is 0 Å². The topological polar surface area (TPSA) is 67.8 Å². The van der Waals surface area contributed by atoms with Crippen molar-refractivity contribution in [2.45, 2.75) is 13.8 Å². The second-order valence-electron chi connectivity index (χ2n) is 5.48. The number of rotatable bonds is 3. The third-order valence-electron chi connectivity index (χ3n) is 3.40. The van der Waals surface area contributed by atoms with Gasteiger partial charge < -0.3 is 5.32 Å². The van der Waals surface area contributed by atoms with E-state index in [0.717, 1.165) is 6.07 Å². The molecule has 126 valence electrons. The van der Waals surface area contributed by atoms with E-state index in [0.29, 0.717) is 28.5 Å². The third-order valence-corrected chi connectivity index (χ3v) is 3.40. The highest BCUT2D eigenvalue weighted by Crippen LogP contribution is 2.23. The quantitative estimate of drug-likeness (QED) is 0.790. The van der Waals surface area contributed by atoms with Gasteiger partial charge in [0.2, 0.25) is 0 Å². The summed E-state index contributed by atoms with van der Waals surface area (Å²) in [4.78, 5) is 24.6. The van der Waals surface area contributed by atoms with Gasteiger partial charge in [-0.1, -0.05) is 0 Å². The summed E-state index contributed by atoms with van der Waals surface area (Å²) < 4.78 is 26.9. The number of hydrogen-bond donors (Lipinski definition) is 1. The molecule has 0 fully saturated rings. The molecule has 7 heteroatoms. The van der Waals surface area contributed by atoms with Gasteiger partial charge in [-0.05, 0) is 55.3 Å². The largest absolute Gasteiger partial charge is 0.305 e. The lowest BCUT2D eigenvalue weighted by Gasteiger charge is -2.08. The Hall–Kier alpha value is -3.22. The first-order chi connectivity index (χ1) is 11.9. The molecule has 2 aromatic heterocycles. The van der Waals surface area contributed by atoms with Gasteiger partial charge in [-0.2, -0.15) is 0 Å². The van der Waals surface area contributed by atoms with Crippen LogP contribution in [0.4, 0.5) is 14.6 Å². The molecule has 3 rings (SSSR count). The number of hydrogen-bond acceptors (Lipinski definition) is 4. The third kappa shape index (κ3) is 4.00. The van der Waals surface area contributed by atoms with Crippen LogP contribution in [0.2, 0.25) is 0 Å². The first-order valence-corrected chi connectivity index (χ1v) is 7.47. The molecule has 5 nitrogen and oxygen atoms in total. The lowest BCUT2D eigenvalue weighted by Crippen LogP contribution is -2.15. The highest BCUT2D eigenvalue weighted by molar-refractivity contribution is 6.03. The van der Waals surface area contributed by atoms with Gasteiger partial charge in [0.1, 0.15) is 29.0 Å². The average Bonchev–Trinajstić information content (AvgIpc) is 2.53. The summed E-state index contributed by atoms with van der Waals surface area (Å²) in [5, 5.41) is 2.63. The van der Waals surface area contributed by atoms with Crippen molar-refractivity contribution in [2.24, 2.45) is 0 Å². The van der Waals surface area contributed by atoms with E-state index in [-0.39, 0.29) is 5.69 Å². The van der Waals surface area contributed by atoms with E-state index in [1.165, 1.54) is 24.4 Å². The van der Waals surface area contributed by atoms with Gasteiger partial charge in [0.25, 0.3) is 5.91 Å². The van der Waals surface area contributed by atoms with Gasteiger partial charge in [-0.15, -0.1) is 0 Å². The molecule has 1 aromatic carbocycles. The van der Waals surface area contributed by atoms with E-state index in [2.05, 4.69) is 20.3 Å². The maximum atomic E-state index is 13.4. The van der Waals surface area contributed by atoms with E-state index in [9.17, 15) is 13.6 Å². The molecule has 0 aliphatic rings. The maximum absolute atomic E-state index is 13.4. The number of nitrogens with zero attached hydrogens (tertiary/aromatic N) is 3. The first kappa shape index (κ1) is 16.6. The molecule has 3 aromatic rings. The normalized spacial score (nSPS) is 10.6. The van der Waals surface area contributed by atoms with Crippen molar-refractivity contribution < 1.29 is 13.6 Å². The molecule has 0 unspecified atom stereocenters. The molecule has 25 heavy (non-hydrogen) atoms. The fourth-order valence-electron chi connectivity index (χ4n) is 2.38. The smallest absolute Gasteiger partial charge is 0.275 e. The summed E-state index contributed by atoms with van der Waals surface area (Å²) in [5.41, 5.74) is 1.49. The van der Waals surface area contributed by atoms with Crippen LogP contribution in [0.25, 0.3) is 11.1 Å². The minimum atomic E-state index is -0.688.